The predicted octanol–water partition coefficient (Wildman–Crippen LogP) is 3.03. The Balaban J connectivity index is 1.73. The summed E-state index contributed by atoms with van der Waals surface area (Å²) in [5.74, 6) is -1.55. The number of hydrogen-bond acceptors (Lipinski definition) is 3. The Morgan fingerprint density at radius 3 is 2.17 bits per heavy atom. The molecule has 1 aliphatic heterocycles. The van der Waals surface area contributed by atoms with Crippen molar-refractivity contribution < 1.29 is 13.9 Å². The highest BCUT2D eigenvalue weighted by Gasteiger charge is 2.38. The van der Waals surface area contributed by atoms with E-state index in [9.17, 15) is 13.9 Å². The number of piperidine rings is 1. The topological polar surface area (TPSA) is 49.5 Å². The molecule has 1 heterocycles. The molecule has 23 heavy (non-hydrogen) atoms. The van der Waals surface area contributed by atoms with E-state index < -0.39 is 17.2 Å². The first-order chi connectivity index (χ1) is 11.0. The third-order valence-corrected chi connectivity index (χ3v) is 4.46. The largest absolute Gasteiger partial charge is 0.399 e. The number of halogens is 2. The van der Waals surface area contributed by atoms with E-state index in [-0.39, 0.29) is 24.1 Å². The first-order valence-electron chi connectivity index (χ1n) is 7.71. The number of nitrogens with zero attached hydrogens (tertiary/aromatic N) is 1. The normalized spacial score (nSPS) is 18.0. The molecule has 0 atom stereocenters. The quantitative estimate of drug-likeness (QED) is 0.855. The number of rotatable bonds is 3. The van der Waals surface area contributed by atoms with Crippen LogP contribution in [0.2, 0.25) is 0 Å². The summed E-state index contributed by atoms with van der Waals surface area (Å²) in [6, 6.07) is 12.1. The molecular formula is C18H20F2N2O. The average Bonchev–Trinajstić information content (AvgIpc) is 2.50. The van der Waals surface area contributed by atoms with Gasteiger partial charge in [0.1, 0.15) is 11.6 Å². The lowest BCUT2D eigenvalue weighted by molar-refractivity contribution is -0.0329. The lowest BCUT2D eigenvalue weighted by Gasteiger charge is -2.38. The highest BCUT2D eigenvalue weighted by molar-refractivity contribution is 5.43. The Hall–Kier alpha value is -1.98. The van der Waals surface area contributed by atoms with Crippen molar-refractivity contribution in [2.75, 3.05) is 18.8 Å². The van der Waals surface area contributed by atoms with Gasteiger partial charge in [0.05, 0.1) is 11.2 Å². The lowest BCUT2D eigenvalue weighted by Crippen LogP contribution is -2.43. The highest BCUT2D eigenvalue weighted by Crippen LogP contribution is 2.37. The fourth-order valence-corrected chi connectivity index (χ4v) is 3.21. The van der Waals surface area contributed by atoms with Crippen molar-refractivity contribution >= 4 is 5.69 Å². The van der Waals surface area contributed by atoms with Crippen LogP contribution in [0.5, 0.6) is 0 Å². The second kappa shape index (κ2) is 6.26. The second-order valence-corrected chi connectivity index (χ2v) is 6.15. The third-order valence-electron chi connectivity index (χ3n) is 4.46. The Labute approximate surface area is 134 Å². The van der Waals surface area contributed by atoms with Gasteiger partial charge in [0.15, 0.2) is 0 Å². The number of hydrogen-bond donors (Lipinski definition) is 2. The van der Waals surface area contributed by atoms with Crippen LogP contribution in [0, 0.1) is 11.6 Å². The molecule has 0 radical (unpaired) electrons. The summed E-state index contributed by atoms with van der Waals surface area (Å²) in [5, 5.41) is 10.7. The number of aliphatic hydroxyl groups is 1. The van der Waals surface area contributed by atoms with E-state index in [1.54, 1.807) is 0 Å². The van der Waals surface area contributed by atoms with Crippen LogP contribution >= 0.6 is 0 Å². The van der Waals surface area contributed by atoms with Gasteiger partial charge in [0.25, 0.3) is 0 Å². The SMILES string of the molecule is Nc1cc(F)c(C2(O)CCN(Cc3ccccc3)CC2)c(F)c1. The standard InChI is InChI=1S/C18H20F2N2O/c19-15-10-14(21)11-16(20)17(15)18(23)6-8-22(9-7-18)12-13-4-2-1-3-5-13/h1-5,10-11,23H,6-9,12,21H2. The number of nitrogen functional groups attached to an aromatic ring is 1. The first-order valence-corrected chi connectivity index (χ1v) is 7.71. The highest BCUT2D eigenvalue weighted by atomic mass is 19.1. The van der Waals surface area contributed by atoms with Crippen LogP contribution in [-0.4, -0.2) is 23.1 Å². The molecule has 2 aromatic rings. The van der Waals surface area contributed by atoms with E-state index in [2.05, 4.69) is 4.90 Å². The maximum absolute atomic E-state index is 14.1. The molecule has 122 valence electrons. The number of nitrogens with two attached hydrogens (primary N) is 1. The summed E-state index contributed by atoms with van der Waals surface area (Å²) in [7, 11) is 0. The molecule has 0 spiro atoms. The minimum Gasteiger partial charge on any atom is -0.399 e. The van der Waals surface area contributed by atoms with E-state index >= 15 is 0 Å². The van der Waals surface area contributed by atoms with Gasteiger partial charge in [-0.1, -0.05) is 30.3 Å². The summed E-state index contributed by atoms with van der Waals surface area (Å²) in [6.07, 6.45) is 0.579. The molecule has 1 aliphatic rings. The predicted molar refractivity (Wildman–Crippen MR) is 85.6 cm³/mol. The van der Waals surface area contributed by atoms with Gasteiger partial charge in [-0.05, 0) is 30.5 Å². The summed E-state index contributed by atoms with van der Waals surface area (Å²) < 4.78 is 28.2. The molecule has 2 aromatic carbocycles. The zero-order chi connectivity index (χ0) is 16.4. The van der Waals surface area contributed by atoms with E-state index in [1.807, 2.05) is 30.3 Å². The third kappa shape index (κ3) is 3.35. The van der Waals surface area contributed by atoms with Crippen molar-refractivity contribution in [1.82, 2.24) is 4.90 Å². The molecule has 0 amide bonds. The van der Waals surface area contributed by atoms with Crippen LogP contribution in [0.1, 0.15) is 24.0 Å². The number of anilines is 1. The number of likely N-dealkylation sites (tertiary alicyclic amines) is 1. The zero-order valence-electron chi connectivity index (χ0n) is 12.8. The van der Waals surface area contributed by atoms with Gasteiger partial charge >= 0.3 is 0 Å². The number of benzene rings is 2. The van der Waals surface area contributed by atoms with Crippen molar-refractivity contribution in [2.24, 2.45) is 0 Å². The molecule has 0 bridgehead atoms. The molecule has 0 unspecified atom stereocenters. The average molecular weight is 318 g/mol. The van der Waals surface area contributed by atoms with Crippen LogP contribution in [0.4, 0.5) is 14.5 Å². The Morgan fingerprint density at radius 1 is 1.04 bits per heavy atom. The van der Waals surface area contributed by atoms with E-state index in [0.29, 0.717) is 13.1 Å². The molecule has 0 aromatic heterocycles. The van der Waals surface area contributed by atoms with Crippen LogP contribution < -0.4 is 5.73 Å². The smallest absolute Gasteiger partial charge is 0.134 e. The summed E-state index contributed by atoms with van der Waals surface area (Å²) >= 11 is 0. The molecule has 1 saturated heterocycles. The van der Waals surface area contributed by atoms with Crippen molar-refractivity contribution in [3.05, 3.63) is 65.2 Å². The molecule has 1 fully saturated rings. The van der Waals surface area contributed by atoms with Gasteiger partial charge < -0.3 is 10.8 Å². The molecule has 3 N–H and O–H groups in total. The van der Waals surface area contributed by atoms with Crippen LogP contribution in [-0.2, 0) is 12.1 Å². The lowest BCUT2D eigenvalue weighted by atomic mass is 9.83. The zero-order valence-corrected chi connectivity index (χ0v) is 12.8. The maximum atomic E-state index is 14.1. The molecule has 0 saturated carbocycles. The van der Waals surface area contributed by atoms with Crippen molar-refractivity contribution in [2.45, 2.75) is 25.0 Å². The van der Waals surface area contributed by atoms with E-state index in [4.69, 9.17) is 5.73 Å². The van der Waals surface area contributed by atoms with E-state index in [0.717, 1.165) is 18.7 Å². The summed E-state index contributed by atoms with van der Waals surface area (Å²) in [5.41, 5.74) is 4.91. The van der Waals surface area contributed by atoms with E-state index in [1.165, 1.54) is 5.56 Å². The van der Waals surface area contributed by atoms with Gasteiger partial charge in [-0.3, -0.25) is 4.90 Å². The van der Waals surface area contributed by atoms with Gasteiger partial charge in [-0.2, -0.15) is 0 Å². The van der Waals surface area contributed by atoms with Gasteiger partial charge in [0.2, 0.25) is 0 Å². The second-order valence-electron chi connectivity index (χ2n) is 6.15. The van der Waals surface area contributed by atoms with Gasteiger partial charge in [-0.15, -0.1) is 0 Å². The summed E-state index contributed by atoms with van der Waals surface area (Å²) in [6.45, 7) is 1.92. The Bertz CT molecular complexity index is 660. The van der Waals surface area contributed by atoms with Crippen LogP contribution in [0.3, 0.4) is 0 Å². The molecule has 0 aliphatic carbocycles. The fraction of sp³-hybridized carbons (Fsp3) is 0.333. The Kier molecular flexibility index (Phi) is 4.33. The van der Waals surface area contributed by atoms with Gasteiger partial charge in [0, 0.05) is 25.3 Å². The van der Waals surface area contributed by atoms with Crippen LogP contribution in [0.15, 0.2) is 42.5 Å². The molecule has 5 heteroatoms. The van der Waals surface area contributed by atoms with Crippen molar-refractivity contribution in [3.63, 3.8) is 0 Å². The van der Waals surface area contributed by atoms with Crippen molar-refractivity contribution in [1.29, 1.82) is 0 Å². The molecule has 3 rings (SSSR count). The van der Waals surface area contributed by atoms with Crippen LogP contribution in [0.25, 0.3) is 0 Å². The van der Waals surface area contributed by atoms with Gasteiger partial charge in [-0.25, -0.2) is 8.78 Å². The van der Waals surface area contributed by atoms with Crippen molar-refractivity contribution in [3.8, 4) is 0 Å². The fourth-order valence-electron chi connectivity index (χ4n) is 3.21. The minimum absolute atomic E-state index is 0.0221. The summed E-state index contributed by atoms with van der Waals surface area (Å²) in [4.78, 5) is 2.18. The minimum atomic E-state index is -1.48. The Morgan fingerprint density at radius 2 is 1.61 bits per heavy atom. The first kappa shape index (κ1) is 15.9. The molecular weight excluding hydrogens is 298 g/mol. The monoisotopic (exact) mass is 318 g/mol. The maximum Gasteiger partial charge on any atom is 0.134 e. The molecule has 3 nitrogen and oxygen atoms in total.